The van der Waals surface area contributed by atoms with Gasteiger partial charge in [0.25, 0.3) is 10.0 Å². The predicted molar refractivity (Wildman–Crippen MR) is 86.3 cm³/mol. The van der Waals surface area contributed by atoms with E-state index in [1.54, 1.807) is 24.3 Å². The third-order valence-corrected chi connectivity index (χ3v) is 4.60. The highest BCUT2D eigenvalue weighted by Gasteiger charge is 2.15. The number of benzene rings is 2. The molecule has 6 nitrogen and oxygen atoms in total. The van der Waals surface area contributed by atoms with Crippen LogP contribution in [0.3, 0.4) is 0 Å². The van der Waals surface area contributed by atoms with Gasteiger partial charge in [0.1, 0.15) is 11.3 Å². The number of methoxy groups -OCH3 is 1. The third kappa shape index (κ3) is 3.19. The van der Waals surface area contributed by atoms with E-state index in [1.165, 1.54) is 37.4 Å². The van der Waals surface area contributed by atoms with Crippen LogP contribution < -0.4 is 15.1 Å². The van der Waals surface area contributed by atoms with Crippen LogP contribution >= 0.6 is 0 Å². The van der Waals surface area contributed by atoms with Gasteiger partial charge in [-0.25, -0.2) is 13.2 Å². The van der Waals surface area contributed by atoms with Crippen LogP contribution in [0, 0.1) is 0 Å². The van der Waals surface area contributed by atoms with Crippen molar-refractivity contribution in [3.05, 3.63) is 65.0 Å². The monoisotopic (exact) mass is 331 g/mol. The van der Waals surface area contributed by atoms with Gasteiger partial charge in [-0.15, -0.1) is 0 Å². The van der Waals surface area contributed by atoms with Crippen molar-refractivity contribution in [3.63, 3.8) is 0 Å². The molecule has 0 bridgehead atoms. The van der Waals surface area contributed by atoms with Crippen molar-refractivity contribution < 1.29 is 17.6 Å². The molecule has 7 heteroatoms. The molecule has 3 aromatic rings. The van der Waals surface area contributed by atoms with Gasteiger partial charge in [0, 0.05) is 17.5 Å². The Labute approximate surface area is 132 Å². The van der Waals surface area contributed by atoms with Crippen molar-refractivity contribution in [1.29, 1.82) is 0 Å². The molecule has 0 atom stereocenters. The van der Waals surface area contributed by atoms with Crippen LogP contribution in [0.15, 0.2) is 68.7 Å². The lowest BCUT2D eigenvalue weighted by Gasteiger charge is -2.09. The second-order valence-corrected chi connectivity index (χ2v) is 6.47. The number of nitrogens with one attached hydrogen (secondary N) is 1. The molecule has 2 aromatic carbocycles. The number of hydrogen-bond acceptors (Lipinski definition) is 5. The first-order chi connectivity index (χ1) is 11.0. The molecule has 118 valence electrons. The SMILES string of the molecule is COc1cccc(NS(=O)(=O)c2ccc3oc(=O)ccc3c2)c1. The minimum atomic E-state index is -3.77. The molecule has 3 rings (SSSR count). The molecule has 1 heterocycles. The lowest BCUT2D eigenvalue weighted by molar-refractivity contribution is 0.415. The molecule has 0 aliphatic heterocycles. The lowest BCUT2D eigenvalue weighted by atomic mass is 10.2. The normalized spacial score (nSPS) is 11.3. The summed E-state index contributed by atoms with van der Waals surface area (Å²) in [5.41, 5.74) is 0.240. The van der Waals surface area contributed by atoms with E-state index in [9.17, 15) is 13.2 Å². The molecule has 0 aliphatic carbocycles. The maximum absolute atomic E-state index is 12.5. The van der Waals surface area contributed by atoms with Gasteiger partial charge in [-0.1, -0.05) is 6.07 Å². The number of ether oxygens (including phenoxy) is 1. The van der Waals surface area contributed by atoms with Gasteiger partial charge in [-0.2, -0.15) is 0 Å². The van der Waals surface area contributed by atoms with Gasteiger partial charge in [-0.05, 0) is 36.4 Å². The predicted octanol–water partition coefficient (Wildman–Crippen LogP) is 2.60. The van der Waals surface area contributed by atoms with Crippen LogP contribution in [0.1, 0.15) is 0 Å². The molecule has 0 amide bonds. The van der Waals surface area contributed by atoms with E-state index in [-0.39, 0.29) is 4.90 Å². The summed E-state index contributed by atoms with van der Waals surface area (Å²) in [5, 5.41) is 0.526. The zero-order valence-electron chi connectivity index (χ0n) is 12.1. The second-order valence-electron chi connectivity index (χ2n) is 4.79. The summed E-state index contributed by atoms with van der Waals surface area (Å²) in [7, 11) is -2.26. The Morgan fingerprint density at radius 1 is 1.04 bits per heavy atom. The quantitative estimate of drug-likeness (QED) is 0.743. The van der Waals surface area contributed by atoms with Crippen molar-refractivity contribution in [3.8, 4) is 5.75 Å². The van der Waals surface area contributed by atoms with Crippen molar-refractivity contribution in [2.75, 3.05) is 11.8 Å². The second kappa shape index (κ2) is 5.77. The number of anilines is 1. The van der Waals surface area contributed by atoms with E-state index in [0.717, 1.165) is 0 Å². The van der Waals surface area contributed by atoms with Crippen molar-refractivity contribution in [2.45, 2.75) is 4.90 Å². The minimum Gasteiger partial charge on any atom is -0.497 e. The molecular formula is C16H13NO5S. The van der Waals surface area contributed by atoms with Gasteiger partial charge in [0.15, 0.2) is 0 Å². The van der Waals surface area contributed by atoms with E-state index >= 15 is 0 Å². The van der Waals surface area contributed by atoms with Crippen LogP contribution in [0.5, 0.6) is 5.75 Å². The fourth-order valence-electron chi connectivity index (χ4n) is 2.12. The Hall–Kier alpha value is -2.80. The standard InChI is InChI=1S/C16H13NO5S/c1-21-13-4-2-3-12(10-13)17-23(19,20)14-6-7-15-11(9-14)5-8-16(18)22-15/h2-10,17H,1H3. The van der Waals surface area contributed by atoms with Crippen LogP contribution in [0.25, 0.3) is 11.0 Å². The Bertz CT molecular complexity index is 1020. The zero-order valence-corrected chi connectivity index (χ0v) is 13.0. The first-order valence-electron chi connectivity index (χ1n) is 6.69. The highest BCUT2D eigenvalue weighted by molar-refractivity contribution is 7.92. The molecule has 1 aromatic heterocycles. The van der Waals surface area contributed by atoms with E-state index < -0.39 is 15.6 Å². The summed E-state index contributed by atoms with van der Waals surface area (Å²) in [5.74, 6) is 0.547. The van der Waals surface area contributed by atoms with E-state index in [4.69, 9.17) is 9.15 Å². The summed E-state index contributed by atoms with van der Waals surface area (Å²) in [6.45, 7) is 0. The fourth-order valence-corrected chi connectivity index (χ4v) is 3.20. The van der Waals surface area contributed by atoms with Gasteiger partial charge in [0.05, 0.1) is 17.7 Å². The highest BCUT2D eigenvalue weighted by atomic mass is 32.2. The summed E-state index contributed by atoms with van der Waals surface area (Å²) in [6.07, 6.45) is 0. The number of rotatable bonds is 4. The van der Waals surface area contributed by atoms with Crippen LogP contribution in [0.4, 0.5) is 5.69 Å². The first kappa shape index (κ1) is 15.1. The fraction of sp³-hybridized carbons (Fsp3) is 0.0625. The minimum absolute atomic E-state index is 0.0710. The Morgan fingerprint density at radius 3 is 2.65 bits per heavy atom. The Kier molecular flexibility index (Phi) is 3.79. The molecule has 0 saturated carbocycles. The number of hydrogen-bond donors (Lipinski definition) is 1. The molecular weight excluding hydrogens is 318 g/mol. The molecule has 1 N–H and O–H groups in total. The van der Waals surface area contributed by atoms with Crippen LogP contribution in [0.2, 0.25) is 0 Å². The maximum atomic E-state index is 12.5. The summed E-state index contributed by atoms with van der Waals surface area (Å²) in [6, 6.07) is 13.7. The van der Waals surface area contributed by atoms with Crippen molar-refractivity contribution >= 4 is 26.7 Å². The van der Waals surface area contributed by atoms with Crippen LogP contribution in [-0.4, -0.2) is 15.5 Å². The van der Waals surface area contributed by atoms with Gasteiger partial charge in [0.2, 0.25) is 0 Å². The third-order valence-electron chi connectivity index (χ3n) is 3.22. The molecule has 23 heavy (non-hydrogen) atoms. The van der Waals surface area contributed by atoms with Crippen molar-refractivity contribution in [1.82, 2.24) is 0 Å². The van der Waals surface area contributed by atoms with Gasteiger partial charge >= 0.3 is 5.63 Å². The number of fused-ring (bicyclic) bond motifs is 1. The lowest BCUT2D eigenvalue weighted by Crippen LogP contribution is -2.13. The maximum Gasteiger partial charge on any atom is 0.336 e. The largest absolute Gasteiger partial charge is 0.497 e. The molecule has 0 unspecified atom stereocenters. The highest BCUT2D eigenvalue weighted by Crippen LogP contribution is 2.22. The summed E-state index contributed by atoms with van der Waals surface area (Å²) >= 11 is 0. The summed E-state index contributed by atoms with van der Waals surface area (Å²) < 4.78 is 37.5. The smallest absolute Gasteiger partial charge is 0.336 e. The summed E-state index contributed by atoms with van der Waals surface area (Å²) in [4.78, 5) is 11.2. The Balaban J connectivity index is 1.98. The molecule has 0 radical (unpaired) electrons. The number of sulfonamides is 1. The van der Waals surface area contributed by atoms with Crippen LogP contribution in [-0.2, 0) is 10.0 Å². The molecule has 0 saturated heterocycles. The van der Waals surface area contributed by atoms with E-state index in [2.05, 4.69) is 4.72 Å². The zero-order chi connectivity index (χ0) is 16.4. The molecule has 0 aliphatic rings. The molecule has 0 fully saturated rings. The topological polar surface area (TPSA) is 85.6 Å². The van der Waals surface area contributed by atoms with Gasteiger partial charge < -0.3 is 9.15 Å². The Morgan fingerprint density at radius 2 is 1.87 bits per heavy atom. The van der Waals surface area contributed by atoms with Gasteiger partial charge in [-0.3, -0.25) is 4.72 Å². The van der Waals surface area contributed by atoms with E-state index in [1.807, 2.05) is 0 Å². The molecule has 0 spiro atoms. The average molecular weight is 331 g/mol. The van der Waals surface area contributed by atoms with E-state index in [0.29, 0.717) is 22.4 Å². The average Bonchev–Trinajstić information content (AvgIpc) is 2.54. The first-order valence-corrected chi connectivity index (χ1v) is 8.17. The van der Waals surface area contributed by atoms with Crippen molar-refractivity contribution in [2.24, 2.45) is 0 Å².